The maximum Gasteiger partial charge on any atom is 0.319 e. The molecule has 0 aromatic heterocycles. The van der Waals surface area contributed by atoms with Crippen molar-refractivity contribution < 1.29 is 9.90 Å². The van der Waals surface area contributed by atoms with Crippen LogP contribution < -0.4 is 10.6 Å². The average Bonchev–Trinajstić information content (AvgIpc) is 2.35. The minimum absolute atomic E-state index is 0.00931. The quantitative estimate of drug-likeness (QED) is 0.780. The number of rotatable bonds is 5. The average molecular weight is 323 g/mol. The van der Waals surface area contributed by atoms with Gasteiger partial charge in [-0.25, -0.2) is 4.79 Å². The number of halogens is 2. The lowest BCUT2D eigenvalue weighted by molar-refractivity contribution is 0.243. The van der Waals surface area contributed by atoms with Crippen molar-refractivity contribution in [1.82, 2.24) is 5.32 Å². The molecule has 2 amide bonds. The summed E-state index contributed by atoms with van der Waals surface area (Å²) in [5.74, 6) is 0. The van der Waals surface area contributed by atoms with Gasteiger partial charge in [0.1, 0.15) is 0 Å². The van der Waals surface area contributed by atoms with Crippen LogP contribution in [0, 0.1) is 0 Å². The molecule has 7 heteroatoms. The third kappa shape index (κ3) is 5.10. The molecule has 0 bridgehead atoms. The predicted octanol–water partition coefficient (Wildman–Crippen LogP) is 3.23. The molecule has 0 heterocycles. The number of hydrogen-bond donors (Lipinski definition) is 3. The van der Waals surface area contributed by atoms with Crippen LogP contribution in [-0.2, 0) is 0 Å². The first kappa shape index (κ1) is 16.4. The minimum Gasteiger partial charge on any atom is -0.395 e. The third-order valence-electron chi connectivity index (χ3n) is 2.58. The lowest BCUT2D eigenvalue weighted by Gasteiger charge is -2.21. The molecule has 0 aliphatic carbocycles. The molecular weight excluding hydrogens is 307 g/mol. The molecule has 0 saturated carbocycles. The Morgan fingerprint density at radius 1 is 1.42 bits per heavy atom. The monoisotopic (exact) mass is 322 g/mol. The minimum atomic E-state index is -0.349. The Bertz CT molecular complexity index is 442. The molecular formula is C12H16Cl2N2O2S. The Labute approximate surface area is 126 Å². The number of carbonyl (C=O) groups is 1. The summed E-state index contributed by atoms with van der Waals surface area (Å²) in [6.07, 6.45) is 1.88. The number of aliphatic hydroxyl groups excluding tert-OH is 1. The van der Waals surface area contributed by atoms with Crippen LogP contribution >= 0.6 is 35.0 Å². The smallest absolute Gasteiger partial charge is 0.319 e. The summed E-state index contributed by atoms with van der Waals surface area (Å²) in [4.78, 5) is 11.8. The summed E-state index contributed by atoms with van der Waals surface area (Å²) in [7, 11) is 0. The van der Waals surface area contributed by atoms with Crippen LogP contribution in [-0.4, -0.2) is 35.3 Å². The van der Waals surface area contributed by atoms with E-state index in [9.17, 15) is 4.79 Å². The molecule has 19 heavy (non-hydrogen) atoms. The van der Waals surface area contributed by atoms with E-state index in [1.165, 1.54) is 11.8 Å². The SMILES string of the molecule is CSC(CO)C(C)NC(=O)Nc1ccc(Cl)c(Cl)c1. The van der Waals surface area contributed by atoms with Gasteiger partial charge in [0.2, 0.25) is 0 Å². The van der Waals surface area contributed by atoms with Crippen molar-refractivity contribution in [1.29, 1.82) is 0 Å². The van der Waals surface area contributed by atoms with Crippen molar-refractivity contribution in [3.05, 3.63) is 28.2 Å². The van der Waals surface area contributed by atoms with Gasteiger partial charge in [-0.3, -0.25) is 0 Å². The highest BCUT2D eigenvalue weighted by Gasteiger charge is 2.17. The van der Waals surface area contributed by atoms with Crippen LogP contribution in [0.25, 0.3) is 0 Å². The first-order chi connectivity index (χ1) is 8.97. The van der Waals surface area contributed by atoms with Crippen molar-refractivity contribution in [3.8, 4) is 0 Å². The molecule has 1 rings (SSSR count). The number of benzene rings is 1. The van der Waals surface area contributed by atoms with Gasteiger partial charge in [-0.05, 0) is 31.4 Å². The standard InChI is InChI=1S/C12H16Cl2N2O2S/c1-7(11(6-17)19-2)15-12(18)16-8-3-4-9(13)10(14)5-8/h3-5,7,11,17H,6H2,1-2H3,(H2,15,16,18). The number of anilines is 1. The van der Waals surface area contributed by atoms with Gasteiger partial charge in [0.25, 0.3) is 0 Å². The van der Waals surface area contributed by atoms with Crippen LogP contribution in [0.15, 0.2) is 18.2 Å². The molecule has 0 aliphatic rings. The second-order valence-corrected chi connectivity index (χ2v) is 5.86. The van der Waals surface area contributed by atoms with Crippen molar-refractivity contribution >= 4 is 46.7 Å². The summed E-state index contributed by atoms with van der Waals surface area (Å²) in [6, 6.07) is 4.35. The molecule has 3 N–H and O–H groups in total. The van der Waals surface area contributed by atoms with E-state index >= 15 is 0 Å². The fourth-order valence-electron chi connectivity index (χ4n) is 1.48. The molecule has 1 aromatic rings. The zero-order chi connectivity index (χ0) is 14.4. The van der Waals surface area contributed by atoms with E-state index in [0.717, 1.165) is 0 Å². The van der Waals surface area contributed by atoms with Crippen molar-refractivity contribution in [3.63, 3.8) is 0 Å². The fourth-order valence-corrected chi connectivity index (χ4v) is 2.40. The number of amides is 2. The predicted molar refractivity (Wildman–Crippen MR) is 82.5 cm³/mol. The zero-order valence-corrected chi connectivity index (χ0v) is 12.9. The lowest BCUT2D eigenvalue weighted by atomic mass is 10.2. The van der Waals surface area contributed by atoms with Gasteiger partial charge in [-0.1, -0.05) is 23.2 Å². The van der Waals surface area contributed by atoms with E-state index in [2.05, 4.69) is 10.6 Å². The first-order valence-electron chi connectivity index (χ1n) is 5.64. The van der Waals surface area contributed by atoms with E-state index in [1.807, 2.05) is 13.2 Å². The maximum absolute atomic E-state index is 11.8. The number of aliphatic hydroxyl groups is 1. The molecule has 0 radical (unpaired) electrons. The van der Waals surface area contributed by atoms with Crippen molar-refractivity contribution in [2.75, 3.05) is 18.2 Å². The van der Waals surface area contributed by atoms with Gasteiger partial charge < -0.3 is 15.7 Å². The maximum atomic E-state index is 11.8. The number of thioether (sulfide) groups is 1. The highest BCUT2D eigenvalue weighted by molar-refractivity contribution is 7.99. The van der Waals surface area contributed by atoms with E-state index in [4.69, 9.17) is 28.3 Å². The van der Waals surface area contributed by atoms with Crippen LogP contribution in [0.2, 0.25) is 10.0 Å². The Kier molecular flexibility index (Phi) is 6.79. The Morgan fingerprint density at radius 2 is 2.11 bits per heavy atom. The summed E-state index contributed by atoms with van der Waals surface area (Å²) in [6.45, 7) is 1.85. The van der Waals surface area contributed by atoms with Gasteiger partial charge >= 0.3 is 6.03 Å². The third-order valence-corrected chi connectivity index (χ3v) is 4.48. The fraction of sp³-hybridized carbons (Fsp3) is 0.417. The van der Waals surface area contributed by atoms with Gasteiger partial charge in [0.05, 0.1) is 16.7 Å². The largest absolute Gasteiger partial charge is 0.395 e. The molecule has 1 aromatic carbocycles. The normalized spacial score (nSPS) is 13.7. The Hall–Kier alpha value is -0.620. The second kappa shape index (κ2) is 7.85. The van der Waals surface area contributed by atoms with Crippen molar-refractivity contribution in [2.45, 2.75) is 18.2 Å². The molecule has 0 aliphatic heterocycles. The van der Waals surface area contributed by atoms with E-state index in [0.29, 0.717) is 15.7 Å². The van der Waals surface area contributed by atoms with Crippen LogP contribution in [0.1, 0.15) is 6.92 Å². The number of nitrogens with one attached hydrogen (secondary N) is 2. The summed E-state index contributed by atoms with van der Waals surface area (Å²) in [5.41, 5.74) is 0.559. The number of hydrogen-bond acceptors (Lipinski definition) is 3. The zero-order valence-electron chi connectivity index (χ0n) is 10.6. The highest BCUT2D eigenvalue weighted by Crippen LogP contribution is 2.24. The lowest BCUT2D eigenvalue weighted by Crippen LogP contribution is -2.43. The van der Waals surface area contributed by atoms with Gasteiger partial charge in [-0.2, -0.15) is 11.8 Å². The first-order valence-corrected chi connectivity index (χ1v) is 7.68. The Morgan fingerprint density at radius 3 is 2.63 bits per heavy atom. The van der Waals surface area contributed by atoms with Gasteiger partial charge in [0, 0.05) is 17.0 Å². The molecule has 0 spiro atoms. The van der Waals surface area contributed by atoms with Crippen molar-refractivity contribution in [2.24, 2.45) is 0 Å². The molecule has 2 atom stereocenters. The number of urea groups is 1. The second-order valence-electron chi connectivity index (χ2n) is 3.97. The van der Waals surface area contributed by atoms with Crippen LogP contribution in [0.4, 0.5) is 10.5 Å². The molecule has 0 saturated heterocycles. The van der Waals surface area contributed by atoms with Crippen LogP contribution in [0.3, 0.4) is 0 Å². The Balaban J connectivity index is 2.57. The van der Waals surface area contributed by atoms with E-state index in [-0.39, 0.29) is 23.9 Å². The van der Waals surface area contributed by atoms with E-state index in [1.54, 1.807) is 18.2 Å². The topological polar surface area (TPSA) is 61.4 Å². The molecule has 4 nitrogen and oxygen atoms in total. The van der Waals surface area contributed by atoms with Gasteiger partial charge in [0.15, 0.2) is 0 Å². The molecule has 0 fully saturated rings. The van der Waals surface area contributed by atoms with Gasteiger partial charge in [-0.15, -0.1) is 0 Å². The van der Waals surface area contributed by atoms with E-state index < -0.39 is 0 Å². The summed E-state index contributed by atoms with van der Waals surface area (Å²) >= 11 is 13.1. The highest BCUT2D eigenvalue weighted by atomic mass is 35.5. The number of carbonyl (C=O) groups excluding carboxylic acids is 1. The molecule has 106 valence electrons. The summed E-state index contributed by atoms with van der Waals surface area (Å²) in [5, 5.41) is 15.3. The summed E-state index contributed by atoms with van der Waals surface area (Å²) < 4.78 is 0. The molecule has 2 unspecified atom stereocenters. The van der Waals surface area contributed by atoms with Crippen LogP contribution in [0.5, 0.6) is 0 Å².